The fourth-order valence-electron chi connectivity index (χ4n) is 4.04. The van der Waals surface area contributed by atoms with Gasteiger partial charge in [0.1, 0.15) is 0 Å². The minimum absolute atomic E-state index is 0.0289. The van der Waals surface area contributed by atoms with Crippen LogP contribution in [-0.4, -0.2) is 21.1 Å². The van der Waals surface area contributed by atoms with Gasteiger partial charge in [0, 0.05) is 23.2 Å². The number of benzene rings is 1. The number of H-pyrrole nitrogens is 2. The lowest BCUT2D eigenvalue weighted by atomic mass is 9.91. The van der Waals surface area contributed by atoms with Crippen molar-refractivity contribution in [2.24, 2.45) is 0 Å². The zero-order valence-electron chi connectivity index (χ0n) is 15.1. The zero-order chi connectivity index (χ0) is 18.3. The van der Waals surface area contributed by atoms with Crippen molar-refractivity contribution in [1.82, 2.24) is 20.5 Å². The Labute approximate surface area is 157 Å². The number of hydrogen-bond donors (Lipinski definition) is 3. The zero-order valence-corrected chi connectivity index (χ0v) is 15.8. The molecule has 1 aliphatic carbocycles. The molecule has 0 fully saturated rings. The first-order valence-corrected chi connectivity index (χ1v) is 9.51. The van der Waals surface area contributed by atoms with Gasteiger partial charge in [0.2, 0.25) is 5.91 Å². The van der Waals surface area contributed by atoms with Crippen molar-refractivity contribution in [2.45, 2.75) is 52.0 Å². The van der Waals surface area contributed by atoms with Crippen LogP contribution in [0.15, 0.2) is 18.2 Å². The SMILES string of the molecule is Cc1n[nH]c(C)c1CCC(=O)N[C@@H]1CCCc2c1[nH]c1c(Cl)cccc21. The number of nitrogens with zero attached hydrogens (tertiary/aromatic N) is 1. The fraction of sp³-hybridized carbons (Fsp3) is 0.400. The number of hydrogen-bond acceptors (Lipinski definition) is 2. The maximum atomic E-state index is 12.5. The van der Waals surface area contributed by atoms with Crippen LogP contribution in [0.1, 0.15) is 53.5 Å². The van der Waals surface area contributed by atoms with Gasteiger partial charge >= 0.3 is 0 Å². The second-order valence-corrected chi connectivity index (χ2v) is 7.51. The highest BCUT2D eigenvalue weighted by Gasteiger charge is 2.26. The Balaban J connectivity index is 1.50. The first-order chi connectivity index (χ1) is 12.5. The topological polar surface area (TPSA) is 73.6 Å². The number of amides is 1. The van der Waals surface area contributed by atoms with E-state index in [0.717, 1.165) is 52.4 Å². The summed E-state index contributed by atoms with van der Waals surface area (Å²) >= 11 is 6.34. The van der Waals surface area contributed by atoms with E-state index in [9.17, 15) is 4.79 Å². The van der Waals surface area contributed by atoms with E-state index in [2.05, 4.69) is 26.6 Å². The standard InChI is InChI=1S/C20H23ClN4O/c1-11-13(12(2)25-24-11)9-10-18(26)22-17-8-4-6-15-14-5-3-7-16(21)19(14)23-20(15)17/h3,5,7,17,23H,4,6,8-10H2,1-2H3,(H,22,26)(H,24,25)/t17-/m1/s1. The number of para-hydroxylation sites is 1. The van der Waals surface area contributed by atoms with E-state index in [1.54, 1.807) is 0 Å². The molecule has 2 heterocycles. The molecule has 4 rings (SSSR count). The van der Waals surface area contributed by atoms with E-state index in [1.807, 2.05) is 26.0 Å². The Morgan fingerprint density at radius 2 is 2.23 bits per heavy atom. The molecule has 5 nitrogen and oxygen atoms in total. The number of carbonyl (C=O) groups is 1. The third-order valence-corrected chi connectivity index (χ3v) is 5.72. The summed E-state index contributed by atoms with van der Waals surface area (Å²) in [7, 11) is 0. The third kappa shape index (κ3) is 3.01. The van der Waals surface area contributed by atoms with Gasteiger partial charge in [-0.05, 0) is 56.7 Å². The summed E-state index contributed by atoms with van der Waals surface area (Å²) in [5, 5.41) is 12.3. The summed E-state index contributed by atoms with van der Waals surface area (Å²) in [6.07, 6.45) is 4.21. The maximum Gasteiger partial charge on any atom is 0.220 e. The molecule has 1 aliphatic rings. The predicted octanol–water partition coefficient (Wildman–Crippen LogP) is 4.29. The van der Waals surface area contributed by atoms with Crippen LogP contribution in [0.25, 0.3) is 10.9 Å². The quantitative estimate of drug-likeness (QED) is 0.641. The van der Waals surface area contributed by atoms with Gasteiger partial charge in [-0.25, -0.2) is 0 Å². The van der Waals surface area contributed by atoms with E-state index >= 15 is 0 Å². The fourth-order valence-corrected chi connectivity index (χ4v) is 4.27. The largest absolute Gasteiger partial charge is 0.355 e. The van der Waals surface area contributed by atoms with Crippen molar-refractivity contribution in [3.05, 3.63) is 51.4 Å². The molecule has 26 heavy (non-hydrogen) atoms. The van der Waals surface area contributed by atoms with Gasteiger partial charge in [-0.2, -0.15) is 5.10 Å². The molecule has 1 aromatic carbocycles. The Kier molecular flexibility index (Phi) is 4.49. The molecule has 3 N–H and O–H groups in total. The van der Waals surface area contributed by atoms with E-state index in [1.165, 1.54) is 10.9 Å². The molecule has 1 atom stereocenters. The smallest absolute Gasteiger partial charge is 0.220 e. The predicted molar refractivity (Wildman–Crippen MR) is 104 cm³/mol. The normalized spacial score (nSPS) is 16.7. The number of nitrogens with one attached hydrogen (secondary N) is 3. The second-order valence-electron chi connectivity index (χ2n) is 7.10. The van der Waals surface area contributed by atoms with Crippen molar-refractivity contribution >= 4 is 28.4 Å². The molecule has 136 valence electrons. The number of halogens is 1. The molecule has 0 radical (unpaired) electrons. The minimum Gasteiger partial charge on any atom is -0.355 e. The number of carbonyl (C=O) groups excluding carboxylic acids is 1. The van der Waals surface area contributed by atoms with Crippen LogP contribution in [-0.2, 0) is 17.6 Å². The first kappa shape index (κ1) is 17.2. The number of aryl methyl sites for hydroxylation is 3. The first-order valence-electron chi connectivity index (χ1n) is 9.13. The van der Waals surface area contributed by atoms with Crippen LogP contribution in [0, 0.1) is 13.8 Å². The number of aromatic nitrogens is 3. The van der Waals surface area contributed by atoms with Gasteiger partial charge in [0.25, 0.3) is 0 Å². The van der Waals surface area contributed by atoms with Gasteiger partial charge in [-0.3, -0.25) is 9.89 Å². The van der Waals surface area contributed by atoms with Gasteiger partial charge in [-0.15, -0.1) is 0 Å². The summed E-state index contributed by atoms with van der Waals surface area (Å²) in [6.45, 7) is 3.97. The second kappa shape index (κ2) is 6.80. The average molecular weight is 371 g/mol. The van der Waals surface area contributed by atoms with Crippen LogP contribution in [0.2, 0.25) is 5.02 Å². The monoisotopic (exact) mass is 370 g/mol. The summed E-state index contributed by atoms with van der Waals surface area (Å²) in [6, 6.07) is 6.01. The van der Waals surface area contributed by atoms with E-state index < -0.39 is 0 Å². The molecule has 0 spiro atoms. The summed E-state index contributed by atoms with van der Waals surface area (Å²) in [5.41, 5.74) is 6.54. The summed E-state index contributed by atoms with van der Waals surface area (Å²) < 4.78 is 0. The van der Waals surface area contributed by atoms with Crippen LogP contribution in [0.3, 0.4) is 0 Å². The highest BCUT2D eigenvalue weighted by molar-refractivity contribution is 6.35. The molecule has 1 amide bonds. The molecule has 0 unspecified atom stereocenters. The molecule has 0 saturated carbocycles. The molecule has 0 aliphatic heterocycles. The lowest BCUT2D eigenvalue weighted by Crippen LogP contribution is -2.31. The number of aromatic amines is 2. The van der Waals surface area contributed by atoms with Crippen LogP contribution in [0.5, 0.6) is 0 Å². The number of fused-ring (bicyclic) bond motifs is 3. The summed E-state index contributed by atoms with van der Waals surface area (Å²) in [4.78, 5) is 16.0. The van der Waals surface area contributed by atoms with Crippen LogP contribution < -0.4 is 5.32 Å². The molecule has 0 bridgehead atoms. The third-order valence-electron chi connectivity index (χ3n) is 5.41. The highest BCUT2D eigenvalue weighted by Crippen LogP contribution is 2.36. The molecule has 6 heteroatoms. The average Bonchev–Trinajstić information content (AvgIpc) is 3.16. The van der Waals surface area contributed by atoms with Crippen LogP contribution in [0.4, 0.5) is 0 Å². The Morgan fingerprint density at radius 3 is 3.00 bits per heavy atom. The highest BCUT2D eigenvalue weighted by atomic mass is 35.5. The minimum atomic E-state index is 0.0289. The Bertz CT molecular complexity index is 952. The maximum absolute atomic E-state index is 12.5. The van der Waals surface area contributed by atoms with Crippen molar-refractivity contribution < 1.29 is 4.79 Å². The Hall–Kier alpha value is -2.27. The van der Waals surface area contributed by atoms with Gasteiger partial charge < -0.3 is 10.3 Å². The summed E-state index contributed by atoms with van der Waals surface area (Å²) in [5.74, 6) is 0.0765. The van der Waals surface area contributed by atoms with Gasteiger partial charge in [-0.1, -0.05) is 23.7 Å². The molecule has 3 aromatic rings. The van der Waals surface area contributed by atoms with E-state index in [-0.39, 0.29) is 11.9 Å². The Morgan fingerprint density at radius 1 is 1.38 bits per heavy atom. The molecule has 2 aromatic heterocycles. The van der Waals surface area contributed by atoms with Crippen molar-refractivity contribution in [3.8, 4) is 0 Å². The molecular formula is C20H23ClN4O. The van der Waals surface area contributed by atoms with E-state index in [4.69, 9.17) is 11.6 Å². The van der Waals surface area contributed by atoms with Crippen molar-refractivity contribution in [1.29, 1.82) is 0 Å². The lowest BCUT2D eigenvalue weighted by Gasteiger charge is -2.24. The van der Waals surface area contributed by atoms with Gasteiger partial charge in [0.15, 0.2) is 0 Å². The number of rotatable bonds is 4. The molecular weight excluding hydrogens is 348 g/mol. The van der Waals surface area contributed by atoms with Crippen molar-refractivity contribution in [2.75, 3.05) is 0 Å². The lowest BCUT2D eigenvalue weighted by molar-refractivity contribution is -0.121. The molecule has 0 saturated heterocycles. The van der Waals surface area contributed by atoms with Crippen molar-refractivity contribution in [3.63, 3.8) is 0 Å². The van der Waals surface area contributed by atoms with E-state index in [0.29, 0.717) is 12.8 Å². The van der Waals surface area contributed by atoms with Crippen LogP contribution >= 0.6 is 11.6 Å². The van der Waals surface area contributed by atoms with Gasteiger partial charge in [0.05, 0.1) is 22.3 Å².